The Balaban J connectivity index is 2.88. The topological polar surface area (TPSA) is 38.5 Å². The summed E-state index contributed by atoms with van der Waals surface area (Å²) in [5.41, 5.74) is 8.34. The second-order valence-corrected chi connectivity index (χ2v) is 5.17. The van der Waals surface area contributed by atoms with Gasteiger partial charge in [-0.15, -0.1) is 0 Å². The number of nitrogens with two attached hydrogens (primary N) is 1. The van der Waals surface area contributed by atoms with Crippen LogP contribution in [0.2, 0.25) is 5.02 Å². The number of rotatable bonds is 8. The lowest BCUT2D eigenvalue weighted by molar-refractivity contribution is 0.154. The molecule has 1 aromatic rings. The zero-order valence-corrected chi connectivity index (χ0v) is 12.9. The number of ether oxygens (including phenoxy) is 1. The highest BCUT2D eigenvalue weighted by Gasteiger charge is 2.11. The van der Waals surface area contributed by atoms with E-state index in [9.17, 15) is 0 Å². The predicted molar refractivity (Wildman–Crippen MR) is 83.2 cm³/mol. The van der Waals surface area contributed by atoms with Gasteiger partial charge in [-0.1, -0.05) is 11.6 Å². The number of benzene rings is 1. The summed E-state index contributed by atoms with van der Waals surface area (Å²) in [6.45, 7) is 9.51. The zero-order chi connectivity index (χ0) is 14.3. The number of hydrogen-bond acceptors (Lipinski definition) is 3. The molecule has 0 spiro atoms. The van der Waals surface area contributed by atoms with Gasteiger partial charge < -0.3 is 15.4 Å². The molecule has 0 bridgehead atoms. The Morgan fingerprint density at radius 3 is 2.68 bits per heavy atom. The summed E-state index contributed by atoms with van der Waals surface area (Å²) in [4.78, 5) is 2.31. The van der Waals surface area contributed by atoms with Crippen LogP contribution in [0.5, 0.6) is 0 Å². The first-order valence-corrected chi connectivity index (χ1v) is 7.33. The van der Waals surface area contributed by atoms with E-state index in [2.05, 4.69) is 17.9 Å². The van der Waals surface area contributed by atoms with E-state index < -0.39 is 0 Å². The Morgan fingerprint density at radius 2 is 2.11 bits per heavy atom. The molecule has 0 aromatic heterocycles. The minimum atomic E-state index is 0.128. The van der Waals surface area contributed by atoms with Crippen molar-refractivity contribution in [2.45, 2.75) is 33.2 Å². The Hall–Kier alpha value is -0.770. The molecule has 0 saturated carbocycles. The summed E-state index contributed by atoms with van der Waals surface area (Å²) in [6, 6.07) is 6.16. The third-order valence-corrected chi connectivity index (χ3v) is 3.25. The van der Waals surface area contributed by atoms with Crippen molar-refractivity contribution in [3.63, 3.8) is 0 Å². The second kappa shape index (κ2) is 8.41. The minimum Gasteiger partial charge on any atom is -0.380 e. The first-order valence-electron chi connectivity index (χ1n) is 6.95. The third kappa shape index (κ3) is 5.39. The molecule has 19 heavy (non-hydrogen) atoms. The third-order valence-electron chi connectivity index (χ3n) is 3.02. The lowest BCUT2D eigenvalue weighted by Crippen LogP contribution is -2.29. The van der Waals surface area contributed by atoms with E-state index in [-0.39, 0.29) is 6.04 Å². The molecule has 0 aliphatic carbocycles. The largest absolute Gasteiger partial charge is 0.380 e. The second-order valence-electron chi connectivity index (χ2n) is 4.73. The summed E-state index contributed by atoms with van der Waals surface area (Å²) >= 11 is 6.09. The molecule has 4 heteroatoms. The molecule has 0 aliphatic heterocycles. The number of likely N-dealkylation sites (N-methyl/N-ethyl adjacent to an activating group) is 1. The maximum absolute atomic E-state index is 6.09. The van der Waals surface area contributed by atoms with Crippen molar-refractivity contribution in [2.75, 3.05) is 31.2 Å². The molecule has 0 radical (unpaired) electrons. The Labute approximate surface area is 121 Å². The van der Waals surface area contributed by atoms with E-state index in [1.54, 1.807) is 0 Å². The lowest BCUT2D eigenvalue weighted by Gasteiger charge is -2.26. The van der Waals surface area contributed by atoms with Gasteiger partial charge in [-0.05, 0) is 51.0 Å². The molecule has 0 saturated heterocycles. The molecule has 0 amide bonds. The SMILES string of the molecule is CCOCCN(CC)c1ccc(Cl)cc1CC(C)N. The highest BCUT2D eigenvalue weighted by Crippen LogP contribution is 2.25. The first-order chi connectivity index (χ1) is 9.08. The predicted octanol–water partition coefficient (Wildman–Crippen LogP) is 3.09. The van der Waals surface area contributed by atoms with Gasteiger partial charge in [-0.3, -0.25) is 0 Å². The van der Waals surface area contributed by atoms with Gasteiger partial charge >= 0.3 is 0 Å². The van der Waals surface area contributed by atoms with E-state index in [4.69, 9.17) is 22.1 Å². The van der Waals surface area contributed by atoms with E-state index in [0.29, 0.717) is 0 Å². The fraction of sp³-hybridized carbons (Fsp3) is 0.600. The van der Waals surface area contributed by atoms with Crippen molar-refractivity contribution >= 4 is 17.3 Å². The quantitative estimate of drug-likeness (QED) is 0.746. The number of nitrogens with zero attached hydrogens (tertiary/aromatic N) is 1. The summed E-state index contributed by atoms with van der Waals surface area (Å²) < 4.78 is 5.44. The number of hydrogen-bond donors (Lipinski definition) is 1. The molecule has 1 atom stereocenters. The van der Waals surface area contributed by atoms with Crippen LogP contribution < -0.4 is 10.6 Å². The molecule has 1 unspecified atom stereocenters. The lowest BCUT2D eigenvalue weighted by atomic mass is 10.0. The summed E-state index contributed by atoms with van der Waals surface area (Å²) in [5, 5.41) is 0.764. The molecule has 0 heterocycles. The highest BCUT2D eigenvalue weighted by molar-refractivity contribution is 6.30. The van der Waals surface area contributed by atoms with Gasteiger partial charge in [0.15, 0.2) is 0 Å². The molecule has 1 rings (SSSR count). The van der Waals surface area contributed by atoms with Gasteiger partial charge in [-0.2, -0.15) is 0 Å². The van der Waals surface area contributed by atoms with Gasteiger partial charge in [-0.25, -0.2) is 0 Å². The van der Waals surface area contributed by atoms with Gasteiger partial charge in [0.25, 0.3) is 0 Å². The van der Waals surface area contributed by atoms with Crippen molar-refractivity contribution in [3.8, 4) is 0 Å². The molecular weight excluding hydrogens is 260 g/mol. The number of anilines is 1. The molecule has 2 N–H and O–H groups in total. The van der Waals surface area contributed by atoms with Crippen molar-refractivity contribution in [2.24, 2.45) is 5.73 Å². The molecule has 108 valence electrons. The molecule has 1 aromatic carbocycles. The van der Waals surface area contributed by atoms with Crippen LogP contribution >= 0.6 is 11.6 Å². The van der Waals surface area contributed by atoms with E-state index in [1.165, 1.54) is 11.3 Å². The standard InChI is InChI=1S/C15H25ClN2O/c1-4-18(8-9-19-5-2)15-7-6-14(16)11-13(15)10-12(3)17/h6-7,11-12H,4-5,8-10,17H2,1-3H3. The van der Waals surface area contributed by atoms with Crippen LogP contribution in [-0.2, 0) is 11.2 Å². The van der Waals surface area contributed by atoms with Gasteiger partial charge in [0.1, 0.15) is 0 Å². The van der Waals surface area contributed by atoms with Crippen LogP contribution in [0.25, 0.3) is 0 Å². The van der Waals surface area contributed by atoms with Gasteiger partial charge in [0.2, 0.25) is 0 Å². The van der Waals surface area contributed by atoms with Crippen molar-refractivity contribution < 1.29 is 4.74 Å². The maximum Gasteiger partial charge on any atom is 0.0641 e. The maximum atomic E-state index is 6.09. The van der Waals surface area contributed by atoms with Crippen LogP contribution in [-0.4, -0.2) is 32.3 Å². The fourth-order valence-corrected chi connectivity index (χ4v) is 2.34. The van der Waals surface area contributed by atoms with Gasteiger partial charge in [0, 0.05) is 36.4 Å². The van der Waals surface area contributed by atoms with Crippen LogP contribution in [0.3, 0.4) is 0 Å². The minimum absolute atomic E-state index is 0.128. The Kier molecular flexibility index (Phi) is 7.21. The Bertz CT molecular complexity index is 382. The van der Waals surface area contributed by atoms with Crippen LogP contribution in [0.1, 0.15) is 26.3 Å². The fourth-order valence-electron chi connectivity index (χ4n) is 2.14. The van der Waals surface area contributed by atoms with Crippen molar-refractivity contribution in [3.05, 3.63) is 28.8 Å². The molecule has 3 nitrogen and oxygen atoms in total. The van der Waals surface area contributed by atoms with E-state index in [1.807, 2.05) is 26.0 Å². The summed E-state index contributed by atoms with van der Waals surface area (Å²) in [7, 11) is 0. The van der Waals surface area contributed by atoms with Crippen LogP contribution in [0.4, 0.5) is 5.69 Å². The number of halogens is 1. The summed E-state index contributed by atoms with van der Waals surface area (Å²) in [6.07, 6.45) is 0.834. The monoisotopic (exact) mass is 284 g/mol. The molecule has 0 fully saturated rings. The normalized spacial score (nSPS) is 12.5. The average molecular weight is 285 g/mol. The summed E-state index contributed by atoms with van der Waals surface area (Å²) in [5.74, 6) is 0. The van der Waals surface area contributed by atoms with Crippen LogP contribution in [0, 0.1) is 0 Å². The van der Waals surface area contributed by atoms with Crippen molar-refractivity contribution in [1.29, 1.82) is 0 Å². The molecule has 0 aliphatic rings. The van der Waals surface area contributed by atoms with E-state index >= 15 is 0 Å². The average Bonchev–Trinajstić information content (AvgIpc) is 2.35. The smallest absolute Gasteiger partial charge is 0.0641 e. The molecular formula is C15H25ClN2O. The zero-order valence-electron chi connectivity index (χ0n) is 12.2. The van der Waals surface area contributed by atoms with Crippen molar-refractivity contribution in [1.82, 2.24) is 0 Å². The Morgan fingerprint density at radius 1 is 1.37 bits per heavy atom. The first kappa shape index (κ1) is 16.3. The highest BCUT2D eigenvalue weighted by atomic mass is 35.5. The van der Waals surface area contributed by atoms with E-state index in [0.717, 1.165) is 37.7 Å². The van der Waals surface area contributed by atoms with Crippen LogP contribution in [0.15, 0.2) is 18.2 Å². The van der Waals surface area contributed by atoms with Gasteiger partial charge in [0.05, 0.1) is 6.61 Å².